The second-order valence-electron chi connectivity index (χ2n) is 5.82. The highest BCUT2D eigenvalue weighted by Crippen LogP contribution is 2.22. The van der Waals surface area contributed by atoms with Gasteiger partial charge in [0.15, 0.2) is 5.58 Å². The van der Waals surface area contributed by atoms with Gasteiger partial charge in [-0.2, -0.15) is 0 Å². The lowest BCUT2D eigenvalue weighted by Crippen LogP contribution is -2.49. The number of anilines is 1. The summed E-state index contributed by atoms with van der Waals surface area (Å²) in [5.41, 5.74) is 2.28. The minimum atomic E-state index is -0.439. The molecule has 124 valence electrons. The molecule has 6 nitrogen and oxygen atoms in total. The molecule has 2 aromatic heterocycles. The van der Waals surface area contributed by atoms with Gasteiger partial charge in [-0.05, 0) is 23.6 Å². The Morgan fingerprint density at radius 2 is 2.04 bits per heavy atom. The van der Waals surface area contributed by atoms with Crippen LogP contribution in [0.4, 0.5) is 5.69 Å². The summed E-state index contributed by atoms with van der Waals surface area (Å²) in [4.78, 5) is 31.5. The molecule has 0 bridgehead atoms. The molecule has 0 atom stereocenters. The lowest BCUT2D eigenvalue weighted by atomic mass is 10.2. The van der Waals surface area contributed by atoms with Crippen LogP contribution in [0, 0.1) is 0 Å². The number of aromatic amines is 1. The van der Waals surface area contributed by atoms with Crippen molar-refractivity contribution in [3.63, 3.8) is 0 Å². The van der Waals surface area contributed by atoms with Crippen molar-refractivity contribution in [3.8, 4) is 0 Å². The van der Waals surface area contributed by atoms with E-state index in [1.54, 1.807) is 11.3 Å². The van der Waals surface area contributed by atoms with Crippen LogP contribution in [-0.4, -0.2) is 42.0 Å². The number of fused-ring (bicyclic) bond motifs is 1. The van der Waals surface area contributed by atoms with E-state index in [2.05, 4.69) is 9.88 Å². The number of nitrogens with zero attached hydrogens (tertiary/aromatic N) is 2. The highest BCUT2D eigenvalue weighted by Gasteiger charge is 2.22. The van der Waals surface area contributed by atoms with Crippen LogP contribution in [0.3, 0.4) is 0 Å². The molecular formula is C17H17N3O3S. The number of H-pyrrole nitrogens is 1. The zero-order valence-corrected chi connectivity index (χ0v) is 13.8. The number of hydrogen-bond donors (Lipinski definition) is 1. The average Bonchev–Trinajstić information content (AvgIpc) is 3.22. The molecule has 0 saturated carbocycles. The number of nitrogens with one attached hydrogen (secondary N) is 1. The first-order valence-electron chi connectivity index (χ1n) is 7.87. The molecule has 0 radical (unpaired) electrons. The standard InChI is InChI=1S/C17H17N3O3S/c21-16(11-13-2-1-9-24-13)20-7-5-19(6-8-20)12-3-4-14-15(10-12)23-17(22)18-14/h1-4,9-10H,5-8,11H2,(H,18,22). The van der Waals surface area contributed by atoms with Gasteiger partial charge < -0.3 is 14.2 Å². The van der Waals surface area contributed by atoms with Crippen LogP contribution < -0.4 is 10.7 Å². The Hall–Kier alpha value is -2.54. The van der Waals surface area contributed by atoms with Crippen molar-refractivity contribution in [2.75, 3.05) is 31.1 Å². The van der Waals surface area contributed by atoms with Crippen molar-refractivity contribution < 1.29 is 9.21 Å². The van der Waals surface area contributed by atoms with Gasteiger partial charge in [0.2, 0.25) is 5.91 Å². The maximum atomic E-state index is 12.3. The number of benzene rings is 1. The molecule has 24 heavy (non-hydrogen) atoms. The molecule has 3 heterocycles. The van der Waals surface area contributed by atoms with Crippen LogP contribution in [0.25, 0.3) is 11.1 Å². The summed E-state index contributed by atoms with van der Waals surface area (Å²) in [7, 11) is 0. The van der Waals surface area contributed by atoms with E-state index >= 15 is 0 Å². The summed E-state index contributed by atoms with van der Waals surface area (Å²) in [6.07, 6.45) is 0.484. The molecule has 1 amide bonds. The SMILES string of the molecule is O=C(Cc1cccs1)N1CCN(c2ccc3[nH]c(=O)oc3c2)CC1. The number of oxazole rings is 1. The molecule has 1 aliphatic heterocycles. The molecule has 1 fully saturated rings. The second-order valence-corrected chi connectivity index (χ2v) is 6.85. The van der Waals surface area contributed by atoms with E-state index in [-0.39, 0.29) is 5.91 Å². The normalized spacial score (nSPS) is 15.2. The van der Waals surface area contributed by atoms with E-state index in [1.807, 2.05) is 40.6 Å². The third-order valence-corrected chi connectivity index (χ3v) is 5.18. The molecule has 0 aliphatic carbocycles. The molecule has 1 N–H and O–H groups in total. The smallest absolute Gasteiger partial charge is 0.408 e. The molecule has 4 rings (SSSR count). The zero-order valence-electron chi connectivity index (χ0n) is 13.0. The summed E-state index contributed by atoms with van der Waals surface area (Å²) >= 11 is 1.62. The van der Waals surface area contributed by atoms with Crippen molar-refractivity contribution in [3.05, 3.63) is 51.1 Å². The first kappa shape index (κ1) is 15.0. The van der Waals surface area contributed by atoms with Gasteiger partial charge in [-0.1, -0.05) is 6.07 Å². The molecule has 3 aromatic rings. The predicted octanol–water partition coefficient (Wildman–Crippen LogP) is 2.07. The lowest BCUT2D eigenvalue weighted by molar-refractivity contribution is -0.130. The van der Waals surface area contributed by atoms with Crippen LogP contribution in [0.1, 0.15) is 4.88 Å². The van der Waals surface area contributed by atoms with Gasteiger partial charge in [0.25, 0.3) is 0 Å². The van der Waals surface area contributed by atoms with Crippen molar-refractivity contribution >= 4 is 34.0 Å². The Morgan fingerprint density at radius 1 is 1.21 bits per heavy atom. The van der Waals surface area contributed by atoms with E-state index in [0.29, 0.717) is 30.6 Å². The quantitative estimate of drug-likeness (QED) is 0.790. The first-order valence-corrected chi connectivity index (χ1v) is 8.75. The van der Waals surface area contributed by atoms with Crippen molar-refractivity contribution in [1.82, 2.24) is 9.88 Å². The molecule has 7 heteroatoms. The minimum absolute atomic E-state index is 0.184. The van der Waals surface area contributed by atoms with Gasteiger partial charge >= 0.3 is 5.76 Å². The molecule has 0 spiro atoms. The van der Waals surface area contributed by atoms with E-state index in [1.165, 1.54) is 0 Å². The van der Waals surface area contributed by atoms with Crippen molar-refractivity contribution in [1.29, 1.82) is 0 Å². The molecule has 1 aromatic carbocycles. The Morgan fingerprint density at radius 3 is 2.79 bits per heavy atom. The molecule has 1 aliphatic rings. The fraction of sp³-hybridized carbons (Fsp3) is 0.294. The van der Waals surface area contributed by atoms with Gasteiger partial charge in [0, 0.05) is 42.8 Å². The molecule has 0 unspecified atom stereocenters. The third-order valence-electron chi connectivity index (χ3n) is 4.31. The Bertz CT molecular complexity index is 905. The molecular weight excluding hydrogens is 326 g/mol. The lowest BCUT2D eigenvalue weighted by Gasteiger charge is -2.36. The summed E-state index contributed by atoms with van der Waals surface area (Å²) < 4.78 is 5.12. The maximum absolute atomic E-state index is 12.3. The van der Waals surface area contributed by atoms with E-state index < -0.39 is 5.76 Å². The van der Waals surface area contributed by atoms with Crippen LogP contribution in [0.5, 0.6) is 0 Å². The first-order chi connectivity index (χ1) is 11.7. The summed E-state index contributed by atoms with van der Waals surface area (Å²) in [6.45, 7) is 2.96. The summed E-state index contributed by atoms with van der Waals surface area (Å²) in [5.74, 6) is -0.254. The zero-order chi connectivity index (χ0) is 16.5. The number of hydrogen-bond acceptors (Lipinski definition) is 5. The fourth-order valence-electron chi connectivity index (χ4n) is 3.02. The van der Waals surface area contributed by atoms with Gasteiger partial charge in [-0.3, -0.25) is 9.78 Å². The monoisotopic (exact) mass is 343 g/mol. The van der Waals surface area contributed by atoms with Crippen molar-refractivity contribution in [2.24, 2.45) is 0 Å². The topological polar surface area (TPSA) is 69.6 Å². The van der Waals surface area contributed by atoms with E-state index in [0.717, 1.165) is 23.7 Å². The minimum Gasteiger partial charge on any atom is -0.408 e. The number of carbonyl (C=O) groups is 1. The van der Waals surface area contributed by atoms with E-state index in [9.17, 15) is 9.59 Å². The molecule has 1 saturated heterocycles. The highest BCUT2D eigenvalue weighted by atomic mass is 32.1. The highest BCUT2D eigenvalue weighted by molar-refractivity contribution is 7.10. The number of carbonyl (C=O) groups excluding carboxylic acids is 1. The van der Waals surface area contributed by atoms with Gasteiger partial charge in [-0.25, -0.2) is 4.79 Å². The van der Waals surface area contributed by atoms with Gasteiger partial charge in [0.1, 0.15) is 0 Å². The van der Waals surface area contributed by atoms with Crippen LogP contribution in [0.2, 0.25) is 0 Å². The number of aromatic nitrogens is 1. The van der Waals surface area contributed by atoms with Crippen LogP contribution in [0.15, 0.2) is 44.9 Å². The van der Waals surface area contributed by atoms with Crippen molar-refractivity contribution in [2.45, 2.75) is 6.42 Å². The largest absolute Gasteiger partial charge is 0.417 e. The van der Waals surface area contributed by atoms with Crippen LogP contribution in [-0.2, 0) is 11.2 Å². The average molecular weight is 343 g/mol. The predicted molar refractivity (Wildman–Crippen MR) is 93.7 cm³/mol. The third kappa shape index (κ3) is 2.94. The van der Waals surface area contributed by atoms with Gasteiger partial charge in [0.05, 0.1) is 11.9 Å². The fourth-order valence-corrected chi connectivity index (χ4v) is 3.71. The number of amides is 1. The number of piperazine rings is 1. The number of rotatable bonds is 3. The van der Waals surface area contributed by atoms with Gasteiger partial charge in [-0.15, -0.1) is 11.3 Å². The Kier molecular flexibility index (Phi) is 3.86. The Labute approximate surface area is 142 Å². The summed E-state index contributed by atoms with van der Waals surface area (Å²) in [6, 6.07) is 9.66. The maximum Gasteiger partial charge on any atom is 0.417 e. The summed E-state index contributed by atoms with van der Waals surface area (Å²) in [5, 5.41) is 2.00. The van der Waals surface area contributed by atoms with Crippen LogP contribution >= 0.6 is 11.3 Å². The number of thiophene rings is 1. The van der Waals surface area contributed by atoms with E-state index in [4.69, 9.17) is 4.42 Å². The Balaban J connectivity index is 1.41. The second kappa shape index (κ2) is 6.16.